The number of hydrogen-bond acceptors (Lipinski definition) is 3. The minimum absolute atomic E-state index is 0.0681. The van der Waals surface area contributed by atoms with E-state index in [1.54, 1.807) is 0 Å². The summed E-state index contributed by atoms with van der Waals surface area (Å²) in [6, 6.07) is 16.5. The molecule has 2 aromatic carbocycles. The quantitative estimate of drug-likeness (QED) is 0.588. The Morgan fingerprint density at radius 3 is 2.36 bits per heavy atom. The zero-order valence-corrected chi connectivity index (χ0v) is 16.2. The topological polar surface area (TPSA) is 82.3 Å². The highest BCUT2D eigenvalue weighted by Gasteiger charge is 2.16. The lowest BCUT2D eigenvalue weighted by molar-refractivity contribution is -0.122. The number of para-hydroxylation sites is 1. The Hall–Kier alpha value is -2.86. The molecule has 0 aromatic heterocycles. The monoisotopic (exact) mass is 380 g/mol. The third-order valence-corrected chi connectivity index (χ3v) is 5.02. The standard InChI is InChI=1S/C22H28N4O2/c1-16(24-21(27)12-7-17-13-14-23-15-17)18-8-10-20(11-9-18)26-22(28)25-19-5-3-2-4-6-19/h2-6,8-11,16-17,23H,7,12-15H2,1H3,(H,24,27)(H2,25,26,28). The van der Waals surface area contributed by atoms with E-state index in [0.717, 1.165) is 37.2 Å². The number of hydrogen-bond donors (Lipinski definition) is 4. The summed E-state index contributed by atoms with van der Waals surface area (Å²) in [5.41, 5.74) is 2.44. The van der Waals surface area contributed by atoms with Gasteiger partial charge in [-0.2, -0.15) is 0 Å². The predicted molar refractivity (Wildman–Crippen MR) is 112 cm³/mol. The molecule has 4 N–H and O–H groups in total. The third kappa shape index (κ3) is 6.09. The Balaban J connectivity index is 1.44. The molecule has 3 amide bonds. The van der Waals surface area contributed by atoms with Crippen molar-refractivity contribution in [3.63, 3.8) is 0 Å². The highest BCUT2D eigenvalue weighted by Crippen LogP contribution is 2.18. The van der Waals surface area contributed by atoms with Crippen LogP contribution in [0.25, 0.3) is 0 Å². The van der Waals surface area contributed by atoms with E-state index in [1.165, 1.54) is 0 Å². The summed E-state index contributed by atoms with van der Waals surface area (Å²) in [6.07, 6.45) is 2.66. The first-order chi connectivity index (χ1) is 13.6. The number of carbonyl (C=O) groups excluding carboxylic acids is 2. The van der Waals surface area contributed by atoms with Gasteiger partial charge in [0.15, 0.2) is 0 Å². The van der Waals surface area contributed by atoms with Crippen LogP contribution in [-0.2, 0) is 4.79 Å². The van der Waals surface area contributed by atoms with Gasteiger partial charge in [-0.15, -0.1) is 0 Å². The summed E-state index contributed by atoms with van der Waals surface area (Å²) in [4.78, 5) is 24.2. The van der Waals surface area contributed by atoms with Crippen LogP contribution in [0.4, 0.5) is 16.2 Å². The van der Waals surface area contributed by atoms with Crippen molar-refractivity contribution < 1.29 is 9.59 Å². The lowest BCUT2D eigenvalue weighted by Crippen LogP contribution is -2.27. The van der Waals surface area contributed by atoms with E-state index in [1.807, 2.05) is 61.5 Å². The van der Waals surface area contributed by atoms with Gasteiger partial charge in [0.25, 0.3) is 0 Å². The minimum atomic E-state index is -0.290. The number of nitrogens with one attached hydrogen (secondary N) is 4. The van der Waals surface area contributed by atoms with Crippen LogP contribution < -0.4 is 21.3 Å². The van der Waals surface area contributed by atoms with Crippen molar-refractivity contribution in [1.82, 2.24) is 10.6 Å². The summed E-state index contributed by atoms with van der Waals surface area (Å²) < 4.78 is 0. The molecule has 0 radical (unpaired) electrons. The van der Waals surface area contributed by atoms with Crippen molar-refractivity contribution in [3.8, 4) is 0 Å². The molecule has 6 nitrogen and oxygen atoms in total. The van der Waals surface area contributed by atoms with Crippen LogP contribution >= 0.6 is 0 Å². The summed E-state index contributed by atoms with van der Waals surface area (Å²) in [5, 5.41) is 12.0. The lowest BCUT2D eigenvalue weighted by atomic mass is 10.0. The molecule has 1 saturated heterocycles. The van der Waals surface area contributed by atoms with Gasteiger partial charge in [-0.3, -0.25) is 4.79 Å². The van der Waals surface area contributed by atoms with Crippen LogP contribution in [0.5, 0.6) is 0 Å². The molecule has 0 aliphatic carbocycles. The lowest BCUT2D eigenvalue weighted by Gasteiger charge is -2.16. The molecule has 1 aliphatic heterocycles. The van der Waals surface area contributed by atoms with E-state index in [0.29, 0.717) is 18.0 Å². The second kappa shape index (κ2) is 9.90. The fourth-order valence-corrected chi connectivity index (χ4v) is 3.36. The highest BCUT2D eigenvalue weighted by molar-refractivity contribution is 5.99. The Morgan fingerprint density at radius 1 is 1.04 bits per heavy atom. The average Bonchev–Trinajstić information content (AvgIpc) is 3.21. The van der Waals surface area contributed by atoms with Gasteiger partial charge < -0.3 is 21.3 Å². The zero-order chi connectivity index (χ0) is 19.8. The van der Waals surface area contributed by atoms with Crippen LogP contribution in [0.3, 0.4) is 0 Å². The Morgan fingerprint density at radius 2 is 1.71 bits per heavy atom. The minimum Gasteiger partial charge on any atom is -0.350 e. The van der Waals surface area contributed by atoms with E-state index in [-0.39, 0.29) is 18.0 Å². The average molecular weight is 380 g/mol. The summed E-state index contributed by atoms with van der Waals surface area (Å²) in [5.74, 6) is 0.706. The Kier molecular flexibility index (Phi) is 7.03. The van der Waals surface area contributed by atoms with Gasteiger partial charge in [-0.25, -0.2) is 4.79 Å². The van der Waals surface area contributed by atoms with E-state index in [4.69, 9.17) is 0 Å². The predicted octanol–water partition coefficient (Wildman–Crippen LogP) is 3.90. The van der Waals surface area contributed by atoms with Crippen molar-refractivity contribution >= 4 is 23.3 Å². The van der Waals surface area contributed by atoms with Gasteiger partial charge in [0.05, 0.1) is 6.04 Å². The van der Waals surface area contributed by atoms with Gasteiger partial charge in [-0.05, 0) is 68.6 Å². The van der Waals surface area contributed by atoms with Crippen molar-refractivity contribution in [2.24, 2.45) is 5.92 Å². The summed E-state index contributed by atoms with van der Waals surface area (Å²) >= 11 is 0. The van der Waals surface area contributed by atoms with Crippen LogP contribution in [0.2, 0.25) is 0 Å². The molecule has 0 spiro atoms. The fraction of sp³-hybridized carbons (Fsp3) is 0.364. The molecule has 6 heteroatoms. The normalized spacial score (nSPS) is 17.0. The maximum Gasteiger partial charge on any atom is 0.323 e. The Labute approximate surface area is 166 Å². The highest BCUT2D eigenvalue weighted by atomic mass is 16.2. The van der Waals surface area contributed by atoms with Crippen molar-refractivity contribution in [2.45, 2.75) is 32.2 Å². The van der Waals surface area contributed by atoms with Crippen LogP contribution in [0, 0.1) is 5.92 Å². The SMILES string of the molecule is CC(NC(=O)CCC1CCNC1)c1ccc(NC(=O)Nc2ccccc2)cc1. The van der Waals surface area contributed by atoms with E-state index in [9.17, 15) is 9.59 Å². The molecule has 3 rings (SSSR count). The molecule has 1 fully saturated rings. The smallest absolute Gasteiger partial charge is 0.323 e. The molecule has 1 aliphatic rings. The van der Waals surface area contributed by atoms with Gasteiger partial charge in [0.2, 0.25) is 5.91 Å². The van der Waals surface area contributed by atoms with Crippen LogP contribution in [0.15, 0.2) is 54.6 Å². The fourth-order valence-electron chi connectivity index (χ4n) is 3.36. The van der Waals surface area contributed by atoms with E-state index in [2.05, 4.69) is 21.3 Å². The number of amides is 3. The molecule has 2 aromatic rings. The molecule has 0 bridgehead atoms. The van der Waals surface area contributed by atoms with E-state index >= 15 is 0 Å². The van der Waals surface area contributed by atoms with Crippen LogP contribution in [-0.4, -0.2) is 25.0 Å². The van der Waals surface area contributed by atoms with Gasteiger partial charge in [-0.1, -0.05) is 30.3 Å². The van der Waals surface area contributed by atoms with Crippen molar-refractivity contribution in [3.05, 3.63) is 60.2 Å². The van der Waals surface area contributed by atoms with Gasteiger partial charge in [0, 0.05) is 17.8 Å². The first-order valence-corrected chi connectivity index (χ1v) is 9.83. The second-order valence-corrected chi connectivity index (χ2v) is 7.25. The van der Waals surface area contributed by atoms with Gasteiger partial charge in [0.1, 0.15) is 0 Å². The van der Waals surface area contributed by atoms with E-state index < -0.39 is 0 Å². The number of benzene rings is 2. The zero-order valence-electron chi connectivity index (χ0n) is 16.2. The molecule has 1 heterocycles. The first-order valence-electron chi connectivity index (χ1n) is 9.83. The molecule has 2 atom stereocenters. The largest absolute Gasteiger partial charge is 0.350 e. The summed E-state index contributed by atoms with van der Waals surface area (Å²) in [6.45, 7) is 4.06. The Bertz CT molecular complexity index is 771. The van der Waals surface area contributed by atoms with Crippen LogP contribution in [0.1, 0.15) is 37.8 Å². The van der Waals surface area contributed by atoms with Crippen molar-refractivity contribution in [1.29, 1.82) is 0 Å². The molecule has 28 heavy (non-hydrogen) atoms. The number of urea groups is 1. The molecule has 2 unspecified atom stereocenters. The third-order valence-electron chi connectivity index (χ3n) is 5.02. The number of anilines is 2. The first kappa shape index (κ1) is 19.9. The summed E-state index contributed by atoms with van der Waals surface area (Å²) in [7, 11) is 0. The molecular weight excluding hydrogens is 352 g/mol. The number of rotatable bonds is 7. The van der Waals surface area contributed by atoms with Crippen molar-refractivity contribution in [2.75, 3.05) is 23.7 Å². The maximum atomic E-state index is 12.2. The molecule has 0 saturated carbocycles. The van der Waals surface area contributed by atoms with Gasteiger partial charge >= 0.3 is 6.03 Å². The maximum absolute atomic E-state index is 12.2. The number of carbonyl (C=O) groups is 2. The molecule has 148 valence electrons. The second-order valence-electron chi connectivity index (χ2n) is 7.25. The molecular formula is C22H28N4O2.